The summed E-state index contributed by atoms with van der Waals surface area (Å²) in [5, 5.41) is 0. The molecule has 82 heavy (non-hydrogen) atoms. The van der Waals surface area contributed by atoms with Crippen LogP contribution in [0.4, 0.5) is 0 Å². The Morgan fingerprint density at radius 1 is 0.317 bits per heavy atom. The van der Waals surface area contributed by atoms with Crippen LogP contribution in [0.25, 0.3) is 0 Å². The number of carbonyl (C=O) groups is 5. The van der Waals surface area contributed by atoms with E-state index in [1.807, 2.05) is 14.1 Å². The molecule has 0 aliphatic carbocycles. The zero-order chi connectivity index (χ0) is 60.2. The van der Waals surface area contributed by atoms with Gasteiger partial charge in [0.05, 0.1) is 6.61 Å². The standard InChI is InChI=1S/C71H131NO10/c1-8-13-18-21-33-44-54-65(81-70(76)59-47-35-28-24-22-26-31-42-52-63(50-40-19-14-9-2)79-68(74)57-38-16-11-4)66(55-45-34-30-37-46-56-67(73)78-62-49-61-72(6)7)82-71(77)60-48-36-29-25-23-27-32-43-53-64(51-41-20-15-10-3)80-69(75)58-39-17-12-5/h31-32,42-43,63-66H,8-30,33-41,44-62H2,1-7H3/b42-31-,43-32-/t63-,64-,65+,66-/m1/s1. The second-order valence-electron chi connectivity index (χ2n) is 24.2. The van der Waals surface area contributed by atoms with Crippen molar-refractivity contribution in [1.82, 2.24) is 4.90 Å². The van der Waals surface area contributed by atoms with E-state index >= 15 is 0 Å². The fourth-order valence-corrected chi connectivity index (χ4v) is 10.4. The minimum Gasteiger partial charge on any atom is -0.466 e. The van der Waals surface area contributed by atoms with Gasteiger partial charge < -0.3 is 28.6 Å². The molecular weight excluding hydrogens is 1030 g/mol. The van der Waals surface area contributed by atoms with Gasteiger partial charge in [-0.25, -0.2) is 0 Å². The van der Waals surface area contributed by atoms with Crippen LogP contribution in [0.3, 0.4) is 0 Å². The van der Waals surface area contributed by atoms with Crippen LogP contribution in [-0.4, -0.2) is 86.4 Å². The van der Waals surface area contributed by atoms with Crippen LogP contribution >= 0.6 is 0 Å². The molecular formula is C71H131NO10. The van der Waals surface area contributed by atoms with Crippen LogP contribution in [0.5, 0.6) is 0 Å². The van der Waals surface area contributed by atoms with E-state index in [0.29, 0.717) is 51.6 Å². The monoisotopic (exact) mass is 1160 g/mol. The second-order valence-corrected chi connectivity index (χ2v) is 24.2. The van der Waals surface area contributed by atoms with Crippen LogP contribution in [0, 0.1) is 0 Å². The number of unbranched alkanes of at least 4 members (excludes halogenated alkanes) is 29. The zero-order valence-electron chi connectivity index (χ0n) is 54.7. The van der Waals surface area contributed by atoms with Gasteiger partial charge in [-0.05, 0) is 130 Å². The Labute approximate surface area is 505 Å². The molecule has 0 aromatic heterocycles. The van der Waals surface area contributed by atoms with Crippen molar-refractivity contribution in [3.05, 3.63) is 24.3 Å². The van der Waals surface area contributed by atoms with Crippen molar-refractivity contribution >= 4 is 29.8 Å². The van der Waals surface area contributed by atoms with Gasteiger partial charge in [0.1, 0.15) is 24.4 Å². The topological polar surface area (TPSA) is 135 Å². The van der Waals surface area contributed by atoms with E-state index in [2.05, 4.69) is 63.8 Å². The fraction of sp³-hybridized carbons (Fsp3) is 0.873. The van der Waals surface area contributed by atoms with Crippen molar-refractivity contribution in [2.75, 3.05) is 27.2 Å². The van der Waals surface area contributed by atoms with Gasteiger partial charge in [0.15, 0.2) is 0 Å². The van der Waals surface area contributed by atoms with Crippen LogP contribution in [0.2, 0.25) is 0 Å². The smallest absolute Gasteiger partial charge is 0.306 e. The molecule has 0 unspecified atom stereocenters. The first-order valence-electron chi connectivity index (χ1n) is 34.9. The fourth-order valence-electron chi connectivity index (χ4n) is 10.4. The lowest BCUT2D eigenvalue weighted by Crippen LogP contribution is -2.35. The van der Waals surface area contributed by atoms with E-state index in [1.54, 1.807) is 0 Å². The van der Waals surface area contributed by atoms with E-state index in [9.17, 15) is 24.0 Å². The van der Waals surface area contributed by atoms with E-state index in [4.69, 9.17) is 23.7 Å². The Morgan fingerprint density at radius 3 is 1.00 bits per heavy atom. The number of nitrogens with zero attached hydrogens (tertiary/aromatic N) is 1. The van der Waals surface area contributed by atoms with Gasteiger partial charge >= 0.3 is 29.8 Å². The third-order valence-corrected chi connectivity index (χ3v) is 15.7. The molecule has 0 aliphatic rings. The summed E-state index contributed by atoms with van der Waals surface area (Å²) in [5.41, 5.74) is 0. The Morgan fingerprint density at radius 2 is 0.610 bits per heavy atom. The second kappa shape index (κ2) is 60.9. The van der Waals surface area contributed by atoms with E-state index in [-0.39, 0.29) is 42.1 Å². The molecule has 0 radical (unpaired) electrons. The maximum absolute atomic E-state index is 13.6. The minimum atomic E-state index is -0.473. The molecule has 0 amide bonds. The average molecular weight is 1160 g/mol. The lowest BCUT2D eigenvalue weighted by molar-refractivity contribution is -0.169. The van der Waals surface area contributed by atoms with E-state index in [1.165, 1.54) is 57.8 Å². The molecule has 0 saturated heterocycles. The normalized spacial score (nSPS) is 13.2. The van der Waals surface area contributed by atoms with Gasteiger partial charge in [-0.3, -0.25) is 24.0 Å². The number of hydrogen-bond acceptors (Lipinski definition) is 11. The summed E-state index contributed by atoms with van der Waals surface area (Å²) in [7, 11) is 4.03. The lowest BCUT2D eigenvalue weighted by Gasteiger charge is -2.27. The third kappa shape index (κ3) is 54.7. The van der Waals surface area contributed by atoms with Crippen molar-refractivity contribution in [3.63, 3.8) is 0 Å². The molecule has 0 heterocycles. The van der Waals surface area contributed by atoms with Gasteiger partial charge in [-0.1, -0.05) is 213 Å². The Hall–Kier alpha value is -3.21. The van der Waals surface area contributed by atoms with E-state index in [0.717, 1.165) is 218 Å². The summed E-state index contributed by atoms with van der Waals surface area (Å²) in [6.07, 6.45) is 54.5. The Kier molecular flexibility index (Phi) is 58.5. The third-order valence-electron chi connectivity index (χ3n) is 15.7. The van der Waals surface area contributed by atoms with E-state index < -0.39 is 12.2 Å². The predicted molar refractivity (Wildman–Crippen MR) is 342 cm³/mol. The average Bonchev–Trinajstić information content (AvgIpc) is 3.46. The highest BCUT2D eigenvalue weighted by molar-refractivity contribution is 5.71. The SMILES string of the molecule is CCCCCCCC[C@H](OC(=O)CCCCCCC/C=C\C[C@@H](CCCCCC)OC(=O)CCCCC)[C@@H](CCCCCCCC(=O)OCCCN(C)C)OC(=O)CCCCCCC/C=C\C[C@@H](CCCCCC)OC(=O)CCCCC. The number of ether oxygens (including phenoxy) is 5. The van der Waals surface area contributed by atoms with Crippen molar-refractivity contribution in [3.8, 4) is 0 Å². The molecule has 0 aliphatic heterocycles. The largest absolute Gasteiger partial charge is 0.466 e. The van der Waals surface area contributed by atoms with Gasteiger partial charge in [0.25, 0.3) is 0 Å². The summed E-state index contributed by atoms with van der Waals surface area (Å²) in [6, 6.07) is 0. The Balaban J connectivity index is 5.40. The molecule has 11 nitrogen and oxygen atoms in total. The zero-order valence-corrected chi connectivity index (χ0v) is 54.7. The molecule has 0 N–H and O–H groups in total. The molecule has 0 aromatic rings. The van der Waals surface area contributed by atoms with Gasteiger partial charge in [-0.2, -0.15) is 0 Å². The molecule has 0 bridgehead atoms. The van der Waals surface area contributed by atoms with Crippen molar-refractivity contribution < 1.29 is 47.7 Å². The van der Waals surface area contributed by atoms with Gasteiger partial charge in [-0.15, -0.1) is 0 Å². The lowest BCUT2D eigenvalue weighted by atomic mass is 9.99. The molecule has 0 saturated carbocycles. The summed E-state index contributed by atoms with van der Waals surface area (Å²) >= 11 is 0. The van der Waals surface area contributed by atoms with Crippen molar-refractivity contribution in [2.45, 2.75) is 374 Å². The molecule has 4 atom stereocenters. The maximum Gasteiger partial charge on any atom is 0.306 e. The van der Waals surface area contributed by atoms with Crippen LogP contribution in [0.15, 0.2) is 24.3 Å². The quantitative estimate of drug-likeness (QED) is 0.0249. The summed E-state index contributed by atoms with van der Waals surface area (Å²) in [4.78, 5) is 66.5. The highest BCUT2D eigenvalue weighted by Gasteiger charge is 2.28. The summed E-state index contributed by atoms with van der Waals surface area (Å²) < 4.78 is 29.9. The highest BCUT2D eigenvalue weighted by Crippen LogP contribution is 2.24. The summed E-state index contributed by atoms with van der Waals surface area (Å²) in [6.45, 7) is 12.3. The van der Waals surface area contributed by atoms with Gasteiger partial charge in [0.2, 0.25) is 0 Å². The van der Waals surface area contributed by atoms with Crippen LogP contribution < -0.4 is 0 Å². The first-order chi connectivity index (χ1) is 40.0. The molecule has 0 spiro atoms. The van der Waals surface area contributed by atoms with Crippen LogP contribution in [0.1, 0.15) is 349 Å². The number of rotatable bonds is 62. The number of esters is 5. The number of allylic oxidation sites excluding steroid dienone is 2. The molecule has 480 valence electrons. The summed E-state index contributed by atoms with van der Waals surface area (Å²) in [5.74, 6) is -0.625. The van der Waals surface area contributed by atoms with Crippen LogP contribution in [-0.2, 0) is 47.7 Å². The molecule has 0 aromatic carbocycles. The van der Waals surface area contributed by atoms with Crippen molar-refractivity contribution in [1.29, 1.82) is 0 Å². The molecule has 0 rings (SSSR count). The molecule has 0 fully saturated rings. The number of carbonyl (C=O) groups excluding carboxylic acids is 5. The predicted octanol–water partition coefficient (Wildman–Crippen LogP) is 20.1. The highest BCUT2D eigenvalue weighted by atomic mass is 16.6. The first-order valence-corrected chi connectivity index (χ1v) is 34.9. The molecule has 11 heteroatoms. The first kappa shape index (κ1) is 78.8. The maximum atomic E-state index is 13.6. The minimum absolute atomic E-state index is 0.0285. The van der Waals surface area contributed by atoms with Crippen molar-refractivity contribution in [2.24, 2.45) is 0 Å². The Bertz CT molecular complexity index is 1530. The number of hydrogen-bond donors (Lipinski definition) is 0. The van der Waals surface area contributed by atoms with Gasteiger partial charge in [0, 0.05) is 51.5 Å².